The molecule has 0 bridgehead atoms. The number of ether oxygens (including phenoxy) is 1. The van der Waals surface area contributed by atoms with Crippen molar-refractivity contribution in [3.63, 3.8) is 0 Å². The molecule has 1 N–H and O–H groups in total. The van der Waals surface area contributed by atoms with Gasteiger partial charge in [-0.25, -0.2) is 0 Å². The number of hydrogen-bond acceptors (Lipinski definition) is 2. The normalized spacial score (nSPS) is 12.2. The molecule has 0 amide bonds. The molecule has 1 unspecified atom stereocenters. The molecule has 98 valence electrons. The number of alkyl halides is 2. The molecular weight excluding hydrogens is 236 g/mol. The molecule has 0 saturated carbocycles. The Morgan fingerprint density at radius 3 is 2.72 bits per heavy atom. The summed E-state index contributed by atoms with van der Waals surface area (Å²) < 4.78 is 28.9. The Morgan fingerprint density at radius 1 is 1.39 bits per heavy atom. The molecule has 0 spiro atoms. The molecule has 18 heavy (non-hydrogen) atoms. The van der Waals surface area contributed by atoms with E-state index in [0.29, 0.717) is 12.1 Å². The van der Waals surface area contributed by atoms with Gasteiger partial charge in [0.05, 0.1) is 6.04 Å². The first-order valence-corrected chi connectivity index (χ1v) is 5.89. The predicted octanol–water partition coefficient (Wildman–Crippen LogP) is 3.18. The number of benzene rings is 1. The molecule has 0 aliphatic heterocycles. The van der Waals surface area contributed by atoms with E-state index in [1.807, 2.05) is 6.92 Å². The third-order valence-corrected chi connectivity index (χ3v) is 2.51. The van der Waals surface area contributed by atoms with E-state index in [1.165, 1.54) is 6.07 Å². The van der Waals surface area contributed by atoms with Crippen molar-refractivity contribution < 1.29 is 13.5 Å². The zero-order chi connectivity index (χ0) is 13.4. The highest BCUT2D eigenvalue weighted by molar-refractivity contribution is 5.33. The van der Waals surface area contributed by atoms with Gasteiger partial charge in [0.2, 0.25) is 0 Å². The van der Waals surface area contributed by atoms with E-state index in [2.05, 4.69) is 16.0 Å². The van der Waals surface area contributed by atoms with Gasteiger partial charge in [0.1, 0.15) is 5.75 Å². The number of para-hydroxylation sites is 1. The van der Waals surface area contributed by atoms with Crippen LogP contribution in [0.4, 0.5) is 8.78 Å². The Balaban J connectivity index is 2.63. The fourth-order valence-corrected chi connectivity index (χ4v) is 1.63. The van der Waals surface area contributed by atoms with Crippen LogP contribution in [0.1, 0.15) is 25.3 Å². The predicted molar refractivity (Wildman–Crippen MR) is 67.4 cm³/mol. The second kappa shape index (κ2) is 7.67. The minimum Gasteiger partial charge on any atom is -0.434 e. The SMILES string of the molecule is C#CC(CCC)NCc1ccccc1OC(F)F. The lowest BCUT2D eigenvalue weighted by Crippen LogP contribution is -2.27. The zero-order valence-electron chi connectivity index (χ0n) is 10.3. The van der Waals surface area contributed by atoms with E-state index in [-0.39, 0.29) is 11.8 Å². The lowest BCUT2D eigenvalue weighted by Gasteiger charge is -2.14. The van der Waals surface area contributed by atoms with Crippen LogP contribution in [0, 0.1) is 12.3 Å². The van der Waals surface area contributed by atoms with Crippen LogP contribution in [0.25, 0.3) is 0 Å². The molecule has 1 aromatic rings. The average molecular weight is 253 g/mol. The quantitative estimate of drug-likeness (QED) is 0.753. The van der Waals surface area contributed by atoms with E-state index >= 15 is 0 Å². The molecule has 4 heteroatoms. The fourth-order valence-electron chi connectivity index (χ4n) is 1.63. The van der Waals surface area contributed by atoms with E-state index in [4.69, 9.17) is 6.42 Å². The lowest BCUT2D eigenvalue weighted by atomic mass is 10.1. The van der Waals surface area contributed by atoms with Crippen molar-refractivity contribution in [1.82, 2.24) is 5.32 Å². The van der Waals surface area contributed by atoms with Crippen LogP contribution < -0.4 is 10.1 Å². The lowest BCUT2D eigenvalue weighted by molar-refractivity contribution is -0.0505. The summed E-state index contributed by atoms with van der Waals surface area (Å²) in [6, 6.07) is 6.65. The first-order valence-electron chi connectivity index (χ1n) is 5.89. The maximum Gasteiger partial charge on any atom is 0.387 e. The van der Waals surface area contributed by atoms with Crippen molar-refractivity contribution in [2.75, 3.05) is 0 Å². The summed E-state index contributed by atoms with van der Waals surface area (Å²) in [6.45, 7) is -0.359. The Hall–Kier alpha value is -1.60. The van der Waals surface area contributed by atoms with Gasteiger partial charge in [-0.1, -0.05) is 37.5 Å². The van der Waals surface area contributed by atoms with Crippen LogP contribution in [0.5, 0.6) is 5.75 Å². The van der Waals surface area contributed by atoms with Crippen molar-refractivity contribution >= 4 is 0 Å². The molecule has 0 fully saturated rings. The summed E-state index contributed by atoms with van der Waals surface area (Å²) in [5.41, 5.74) is 0.675. The largest absolute Gasteiger partial charge is 0.434 e. The molecule has 2 nitrogen and oxygen atoms in total. The smallest absolute Gasteiger partial charge is 0.387 e. The van der Waals surface area contributed by atoms with Crippen molar-refractivity contribution in [3.05, 3.63) is 29.8 Å². The summed E-state index contributed by atoms with van der Waals surface area (Å²) in [6.07, 6.45) is 7.20. The van der Waals surface area contributed by atoms with Gasteiger partial charge in [0, 0.05) is 12.1 Å². The minimum absolute atomic E-state index is 0.0467. The second-order valence-corrected chi connectivity index (χ2v) is 3.88. The number of nitrogens with one attached hydrogen (secondary N) is 1. The molecule has 0 aliphatic rings. The van der Waals surface area contributed by atoms with Crippen LogP contribution >= 0.6 is 0 Å². The van der Waals surface area contributed by atoms with Crippen LogP contribution in [0.2, 0.25) is 0 Å². The number of terminal acetylenes is 1. The third kappa shape index (κ3) is 4.72. The highest BCUT2D eigenvalue weighted by Gasteiger charge is 2.10. The number of halogens is 2. The van der Waals surface area contributed by atoms with E-state index < -0.39 is 6.61 Å². The van der Waals surface area contributed by atoms with Gasteiger partial charge in [-0.2, -0.15) is 8.78 Å². The molecule has 1 aromatic carbocycles. The van der Waals surface area contributed by atoms with Crippen molar-refractivity contribution in [2.24, 2.45) is 0 Å². The van der Waals surface area contributed by atoms with Crippen LogP contribution in [-0.4, -0.2) is 12.7 Å². The summed E-state index contributed by atoms with van der Waals surface area (Å²) >= 11 is 0. The zero-order valence-corrected chi connectivity index (χ0v) is 10.3. The van der Waals surface area contributed by atoms with Gasteiger partial charge >= 0.3 is 6.61 Å². The first-order chi connectivity index (χ1) is 8.67. The number of hydrogen-bond donors (Lipinski definition) is 1. The van der Waals surface area contributed by atoms with Gasteiger partial charge in [-0.05, 0) is 12.5 Å². The van der Waals surface area contributed by atoms with Crippen LogP contribution in [-0.2, 0) is 6.54 Å². The monoisotopic (exact) mass is 253 g/mol. The van der Waals surface area contributed by atoms with E-state index in [1.54, 1.807) is 18.2 Å². The Labute approximate surface area is 106 Å². The Morgan fingerprint density at radius 2 is 2.11 bits per heavy atom. The van der Waals surface area contributed by atoms with Crippen molar-refractivity contribution in [1.29, 1.82) is 0 Å². The fraction of sp³-hybridized carbons (Fsp3) is 0.429. The number of rotatable bonds is 7. The van der Waals surface area contributed by atoms with Gasteiger partial charge in [0.15, 0.2) is 0 Å². The van der Waals surface area contributed by atoms with Crippen LogP contribution in [0.15, 0.2) is 24.3 Å². The van der Waals surface area contributed by atoms with Gasteiger partial charge in [0.25, 0.3) is 0 Å². The highest BCUT2D eigenvalue weighted by Crippen LogP contribution is 2.20. The molecular formula is C14H17F2NO. The van der Waals surface area contributed by atoms with Gasteiger partial charge in [-0.3, -0.25) is 5.32 Å². The molecule has 0 saturated heterocycles. The summed E-state index contributed by atoms with van der Waals surface area (Å²) in [7, 11) is 0. The molecule has 0 heterocycles. The van der Waals surface area contributed by atoms with Crippen LogP contribution in [0.3, 0.4) is 0 Å². The average Bonchev–Trinajstić information content (AvgIpc) is 2.35. The molecule has 0 aliphatic carbocycles. The maximum atomic E-state index is 12.2. The van der Waals surface area contributed by atoms with Crippen molar-refractivity contribution in [2.45, 2.75) is 39.0 Å². The topological polar surface area (TPSA) is 21.3 Å². The molecule has 0 radical (unpaired) electrons. The van der Waals surface area contributed by atoms with Gasteiger partial charge < -0.3 is 4.74 Å². The molecule has 1 atom stereocenters. The molecule has 1 rings (SSSR count). The minimum atomic E-state index is -2.81. The van der Waals surface area contributed by atoms with Gasteiger partial charge in [-0.15, -0.1) is 6.42 Å². The summed E-state index contributed by atoms with van der Waals surface area (Å²) in [5.74, 6) is 2.82. The Bertz CT molecular complexity index is 401. The van der Waals surface area contributed by atoms with Crippen molar-refractivity contribution in [3.8, 4) is 18.1 Å². The maximum absolute atomic E-state index is 12.2. The van der Waals surface area contributed by atoms with E-state index in [9.17, 15) is 8.78 Å². The molecule has 0 aromatic heterocycles. The summed E-state index contributed by atoms with van der Waals surface area (Å²) in [4.78, 5) is 0. The van der Waals surface area contributed by atoms with E-state index in [0.717, 1.165) is 12.8 Å². The highest BCUT2D eigenvalue weighted by atomic mass is 19.3. The first kappa shape index (κ1) is 14.5. The third-order valence-electron chi connectivity index (χ3n) is 2.51. The summed E-state index contributed by atoms with van der Waals surface area (Å²) in [5, 5.41) is 3.14. The Kier molecular flexibility index (Phi) is 6.16. The standard InChI is InChI=1S/C14H17F2NO/c1-3-7-12(4-2)17-10-11-8-5-6-9-13(11)18-14(15)16/h2,5-6,8-9,12,14,17H,3,7,10H2,1H3. The second-order valence-electron chi connectivity index (χ2n) is 3.88.